The maximum absolute atomic E-state index is 3.45. The van der Waals surface area contributed by atoms with Crippen LogP contribution in [0.1, 0.15) is 20.3 Å². The zero-order valence-electron chi connectivity index (χ0n) is 12.6. The Bertz CT molecular complexity index is 259. The molecular weight excluding hydrogens is 224 g/mol. The Kier molecular flexibility index (Phi) is 4.64. The predicted octanol–water partition coefficient (Wildman–Crippen LogP) is 0.306. The summed E-state index contributed by atoms with van der Waals surface area (Å²) >= 11 is 0. The van der Waals surface area contributed by atoms with Crippen LogP contribution in [0.2, 0.25) is 0 Å². The summed E-state index contributed by atoms with van der Waals surface area (Å²) in [6.45, 7) is 13.2. The normalized spacial score (nSPS) is 30.2. The second-order valence-corrected chi connectivity index (χ2v) is 6.71. The van der Waals surface area contributed by atoms with Gasteiger partial charge in [-0.1, -0.05) is 0 Å². The standard InChI is InChI=1S/C14H30N4/c1-14(2)11-13(17-7-5-15-6-8-17)12-18(14)10-9-16(3)4/h13,15H,5-12H2,1-4H3. The number of likely N-dealkylation sites (tertiary alicyclic amines) is 1. The van der Waals surface area contributed by atoms with Crippen LogP contribution in [-0.2, 0) is 0 Å². The van der Waals surface area contributed by atoms with E-state index in [1.165, 1.54) is 32.6 Å². The van der Waals surface area contributed by atoms with Gasteiger partial charge in [-0.05, 0) is 34.4 Å². The van der Waals surface area contributed by atoms with Crippen LogP contribution in [0.25, 0.3) is 0 Å². The van der Waals surface area contributed by atoms with E-state index in [-0.39, 0.29) is 0 Å². The third-order valence-electron chi connectivity index (χ3n) is 4.51. The highest BCUT2D eigenvalue weighted by Crippen LogP contribution is 2.31. The lowest BCUT2D eigenvalue weighted by Gasteiger charge is -2.32. The summed E-state index contributed by atoms with van der Waals surface area (Å²) in [6.07, 6.45) is 1.32. The molecule has 106 valence electrons. The van der Waals surface area contributed by atoms with Crippen molar-refractivity contribution in [2.24, 2.45) is 0 Å². The Morgan fingerprint density at radius 3 is 2.50 bits per heavy atom. The minimum atomic E-state index is 0.367. The van der Waals surface area contributed by atoms with Gasteiger partial charge in [0.1, 0.15) is 0 Å². The topological polar surface area (TPSA) is 21.8 Å². The van der Waals surface area contributed by atoms with Crippen molar-refractivity contribution in [3.63, 3.8) is 0 Å². The lowest BCUT2D eigenvalue weighted by molar-refractivity contribution is 0.152. The molecule has 2 aliphatic rings. The average molecular weight is 254 g/mol. The molecule has 0 aliphatic carbocycles. The van der Waals surface area contributed by atoms with Gasteiger partial charge in [-0.15, -0.1) is 0 Å². The van der Waals surface area contributed by atoms with Crippen LogP contribution in [0, 0.1) is 0 Å². The van der Waals surface area contributed by atoms with Gasteiger partial charge >= 0.3 is 0 Å². The van der Waals surface area contributed by atoms with Gasteiger partial charge in [0.15, 0.2) is 0 Å². The smallest absolute Gasteiger partial charge is 0.0241 e. The molecule has 0 aromatic rings. The molecule has 0 aromatic heterocycles. The first-order chi connectivity index (χ1) is 8.49. The van der Waals surface area contributed by atoms with Crippen molar-refractivity contribution in [2.75, 3.05) is 59.9 Å². The Balaban J connectivity index is 1.89. The van der Waals surface area contributed by atoms with E-state index in [9.17, 15) is 0 Å². The Labute approximate surface area is 112 Å². The van der Waals surface area contributed by atoms with Crippen LogP contribution in [0.5, 0.6) is 0 Å². The van der Waals surface area contributed by atoms with Gasteiger partial charge in [-0.2, -0.15) is 0 Å². The molecule has 1 unspecified atom stereocenters. The molecule has 0 radical (unpaired) electrons. The van der Waals surface area contributed by atoms with Crippen LogP contribution in [0.3, 0.4) is 0 Å². The van der Waals surface area contributed by atoms with E-state index in [0.717, 1.165) is 25.7 Å². The maximum atomic E-state index is 3.45. The van der Waals surface area contributed by atoms with Crippen LogP contribution >= 0.6 is 0 Å². The third-order valence-corrected chi connectivity index (χ3v) is 4.51. The molecule has 1 atom stereocenters. The van der Waals surface area contributed by atoms with E-state index < -0.39 is 0 Å². The van der Waals surface area contributed by atoms with Gasteiger partial charge < -0.3 is 10.2 Å². The summed E-state index contributed by atoms with van der Waals surface area (Å²) < 4.78 is 0. The number of hydrogen-bond acceptors (Lipinski definition) is 4. The van der Waals surface area contributed by atoms with E-state index in [4.69, 9.17) is 0 Å². The fourth-order valence-electron chi connectivity index (χ4n) is 3.28. The van der Waals surface area contributed by atoms with E-state index in [1.807, 2.05) is 0 Å². The summed E-state index contributed by atoms with van der Waals surface area (Å²) in [5.74, 6) is 0. The number of rotatable bonds is 4. The summed E-state index contributed by atoms with van der Waals surface area (Å²) in [5.41, 5.74) is 0.367. The predicted molar refractivity (Wildman–Crippen MR) is 77.1 cm³/mol. The van der Waals surface area contributed by atoms with Crippen molar-refractivity contribution >= 4 is 0 Å². The number of hydrogen-bond donors (Lipinski definition) is 1. The van der Waals surface area contributed by atoms with E-state index in [1.54, 1.807) is 0 Å². The zero-order valence-corrected chi connectivity index (χ0v) is 12.6. The Morgan fingerprint density at radius 1 is 1.22 bits per heavy atom. The Morgan fingerprint density at radius 2 is 1.89 bits per heavy atom. The largest absolute Gasteiger partial charge is 0.314 e. The molecule has 0 saturated carbocycles. The minimum Gasteiger partial charge on any atom is -0.314 e. The van der Waals surface area contributed by atoms with Crippen molar-refractivity contribution in [1.29, 1.82) is 0 Å². The summed E-state index contributed by atoms with van der Waals surface area (Å²) in [4.78, 5) is 7.65. The summed E-state index contributed by atoms with van der Waals surface area (Å²) in [6, 6.07) is 0.768. The second-order valence-electron chi connectivity index (χ2n) is 6.71. The van der Waals surface area contributed by atoms with Crippen LogP contribution in [-0.4, -0.2) is 86.2 Å². The van der Waals surface area contributed by atoms with Crippen LogP contribution < -0.4 is 5.32 Å². The molecule has 1 N–H and O–H groups in total. The molecule has 0 spiro atoms. The first-order valence-corrected chi connectivity index (χ1v) is 7.33. The van der Waals surface area contributed by atoms with Crippen molar-refractivity contribution in [2.45, 2.75) is 31.8 Å². The minimum absolute atomic E-state index is 0.367. The van der Waals surface area contributed by atoms with Crippen LogP contribution in [0.4, 0.5) is 0 Å². The highest BCUT2D eigenvalue weighted by Gasteiger charge is 2.40. The summed E-state index contributed by atoms with van der Waals surface area (Å²) in [5, 5.41) is 3.45. The fourth-order valence-corrected chi connectivity index (χ4v) is 3.28. The third kappa shape index (κ3) is 3.44. The van der Waals surface area contributed by atoms with Crippen molar-refractivity contribution < 1.29 is 0 Å². The molecule has 2 aliphatic heterocycles. The highest BCUT2D eigenvalue weighted by molar-refractivity contribution is 4.97. The Hall–Kier alpha value is -0.160. The second kappa shape index (κ2) is 5.87. The lowest BCUT2D eigenvalue weighted by Crippen LogP contribution is -2.49. The van der Waals surface area contributed by atoms with E-state index in [2.05, 4.69) is 48.0 Å². The van der Waals surface area contributed by atoms with Gasteiger partial charge in [-0.3, -0.25) is 9.80 Å². The molecule has 4 heteroatoms. The monoisotopic (exact) mass is 254 g/mol. The van der Waals surface area contributed by atoms with Gasteiger partial charge in [0.05, 0.1) is 0 Å². The molecule has 0 amide bonds. The fraction of sp³-hybridized carbons (Fsp3) is 1.00. The van der Waals surface area contributed by atoms with Crippen LogP contribution in [0.15, 0.2) is 0 Å². The highest BCUT2D eigenvalue weighted by atomic mass is 15.3. The number of nitrogens with zero attached hydrogens (tertiary/aromatic N) is 3. The van der Waals surface area contributed by atoms with Crippen molar-refractivity contribution in [3.05, 3.63) is 0 Å². The van der Waals surface area contributed by atoms with Gasteiger partial charge in [0.25, 0.3) is 0 Å². The number of nitrogens with one attached hydrogen (secondary N) is 1. The molecule has 0 bridgehead atoms. The average Bonchev–Trinajstić information content (AvgIpc) is 2.63. The molecule has 0 aromatic carbocycles. The van der Waals surface area contributed by atoms with E-state index in [0.29, 0.717) is 5.54 Å². The van der Waals surface area contributed by atoms with Gasteiger partial charge in [0.2, 0.25) is 0 Å². The molecular formula is C14H30N4. The SMILES string of the molecule is CN(C)CCN1CC(N2CCNCC2)CC1(C)C. The molecule has 2 heterocycles. The number of piperazine rings is 1. The molecule has 18 heavy (non-hydrogen) atoms. The summed E-state index contributed by atoms with van der Waals surface area (Å²) in [7, 11) is 4.33. The zero-order chi connectivity index (χ0) is 13.2. The van der Waals surface area contributed by atoms with Crippen molar-refractivity contribution in [1.82, 2.24) is 20.0 Å². The molecule has 4 nitrogen and oxygen atoms in total. The molecule has 2 saturated heterocycles. The van der Waals surface area contributed by atoms with Gasteiger partial charge in [0, 0.05) is 57.4 Å². The lowest BCUT2D eigenvalue weighted by atomic mass is 9.99. The molecule has 2 rings (SSSR count). The first kappa shape index (κ1) is 14.3. The molecule has 2 fully saturated rings. The van der Waals surface area contributed by atoms with Gasteiger partial charge in [-0.25, -0.2) is 0 Å². The van der Waals surface area contributed by atoms with Crippen molar-refractivity contribution in [3.8, 4) is 0 Å². The quantitative estimate of drug-likeness (QED) is 0.779. The first-order valence-electron chi connectivity index (χ1n) is 7.33. The number of likely N-dealkylation sites (N-methyl/N-ethyl adjacent to an activating group) is 1. The van der Waals surface area contributed by atoms with E-state index >= 15 is 0 Å². The maximum Gasteiger partial charge on any atom is 0.0241 e.